The fourth-order valence-corrected chi connectivity index (χ4v) is 2.54. The Morgan fingerprint density at radius 2 is 1.89 bits per heavy atom. The fourth-order valence-electron chi connectivity index (χ4n) is 1.49. The Labute approximate surface area is 107 Å². The molecule has 1 heterocycles. The predicted octanol–water partition coefficient (Wildman–Crippen LogP) is 2.26. The largest absolute Gasteiger partial charge is 0.276 e. The summed E-state index contributed by atoms with van der Waals surface area (Å²) in [6.07, 6.45) is 3.17. The molecule has 0 saturated carbocycles. The molecule has 1 N–H and O–H groups in total. The van der Waals surface area contributed by atoms with Crippen LogP contribution in [0.5, 0.6) is 0 Å². The van der Waals surface area contributed by atoms with Gasteiger partial charge in [0.2, 0.25) is 0 Å². The summed E-state index contributed by atoms with van der Waals surface area (Å²) < 4.78 is 28.3. The smallest absolute Gasteiger partial charge is 0.261 e. The quantitative estimate of drug-likeness (QED) is 0.922. The molecule has 6 heteroatoms. The van der Waals surface area contributed by atoms with Gasteiger partial charge in [-0.05, 0) is 26.0 Å². The van der Waals surface area contributed by atoms with E-state index in [1.165, 1.54) is 6.20 Å². The zero-order chi connectivity index (χ0) is 13.2. The van der Waals surface area contributed by atoms with Crippen molar-refractivity contribution in [3.05, 3.63) is 42.7 Å². The second kappa shape index (κ2) is 4.81. The van der Waals surface area contributed by atoms with Crippen molar-refractivity contribution in [3.8, 4) is 0 Å². The molecule has 0 aliphatic carbocycles. The first-order valence-corrected chi connectivity index (χ1v) is 7.09. The summed E-state index contributed by atoms with van der Waals surface area (Å²) in [7, 11) is -3.53. The van der Waals surface area contributed by atoms with E-state index in [9.17, 15) is 8.42 Å². The standard InChI is InChI=1S/C12H15N3O2S/c1-10(2)15-9-11(8-13-15)14-18(16,17)12-6-4-3-5-7-12/h3-10,14H,1-2H3. The second-order valence-corrected chi connectivity index (χ2v) is 5.90. The third-order valence-corrected chi connectivity index (χ3v) is 3.83. The molecule has 1 aromatic carbocycles. The van der Waals surface area contributed by atoms with Gasteiger partial charge >= 0.3 is 0 Å². The van der Waals surface area contributed by atoms with Crippen LogP contribution in [-0.2, 0) is 10.0 Å². The number of rotatable bonds is 4. The van der Waals surface area contributed by atoms with Crippen LogP contribution in [0.2, 0.25) is 0 Å². The van der Waals surface area contributed by atoms with Crippen LogP contribution in [-0.4, -0.2) is 18.2 Å². The minimum Gasteiger partial charge on any atom is -0.276 e. The maximum absolute atomic E-state index is 12.0. The topological polar surface area (TPSA) is 64.0 Å². The van der Waals surface area contributed by atoms with Crippen molar-refractivity contribution >= 4 is 15.7 Å². The Kier molecular flexibility index (Phi) is 3.38. The minimum atomic E-state index is -3.53. The summed E-state index contributed by atoms with van der Waals surface area (Å²) in [6, 6.07) is 8.44. The van der Waals surface area contributed by atoms with E-state index >= 15 is 0 Å². The van der Waals surface area contributed by atoms with Crippen molar-refractivity contribution in [2.24, 2.45) is 0 Å². The van der Waals surface area contributed by atoms with Crippen LogP contribution < -0.4 is 4.72 Å². The third-order valence-electron chi connectivity index (χ3n) is 2.44. The van der Waals surface area contributed by atoms with Crippen LogP contribution in [0.3, 0.4) is 0 Å². The molecule has 0 aliphatic rings. The van der Waals surface area contributed by atoms with E-state index in [2.05, 4.69) is 9.82 Å². The lowest BCUT2D eigenvalue weighted by molar-refractivity contribution is 0.532. The van der Waals surface area contributed by atoms with Gasteiger partial charge in [-0.25, -0.2) is 8.42 Å². The van der Waals surface area contributed by atoms with Crippen LogP contribution in [0.15, 0.2) is 47.6 Å². The Morgan fingerprint density at radius 3 is 2.44 bits per heavy atom. The van der Waals surface area contributed by atoms with Crippen LogP contribution in [0.4, 0.5) is 5.69 Å². The highest BCUT2D eigenvalue weighted by Crippen LogP contribution is 2.16. The zero-order valence-electron chi connectivity index (χ0n) is 10.2. The molecule has 2 rings (SSSR count). The van der Waals surface area contributed by atoms with E-state index in [0.717, 1.165) is 0 Å². The van der Waals surface area contributed by atoms with Crippen LogP contribution >= 0.6 is 0 Å². The molecule has 0 bridgehead atoms. The van der Waals surface area contributed by atoms with Gasteiger partial charge in [0.05, 0.1) is 16.8 Å². The monoisotopic (exact) mass is 265 g/mol. The van der Waals surface area contributed by atoms with E-state index in [-0.39, 0.29) is 10.9 Å². The van der Waals surface area contributed by atoms with Crippen LogP contribution in [0.25, 0.3) is 0 Å². The van der Waals surface area contributed by atoms with Crippen molar-refractivity contribution in [2.75, 3.05) is 4.72 Å². The van der Waals surface area contributed by atoms with Crippen LogP contribution in [0.1, 0.15) is 19.9 Å². The number of benzene rings is 1. The van der Waals surface area contributed by atoms with Gasteiger partial charge in [0.15, 0.2) is 0 Å². The van der Waals surface area contributed by atoms with Gasteiger partial charge in [-0.1, -0.05) is 18.2 Å². The van der Waals surface area contributed by atoms with Gasteiger partial charge in [-0.2, -0.15) is 5.10 Å². The molecule has 0 saturated heterocycles. The number of sulfonamides is 1. The normalized spacial score (nSPS) is 11.7. The average Bonchev–Trinajstić information content (AvgIpc) is 2.78. The highest BCUT2D eigenvalue weighted by molar-refractivity contribution is 7.92. The summed E-state index contributed by atoms with van der Waals surface area (Å²) >= 11 is 0. The molecule has 0 spiro atoms. The van der Waals surface area contributed by atoms with Crippen molar-refractivity contribution in [3.63, 3.8) is 0 Å². The molecule has 0 atom stereocenters. The number of nitrogens with one attached hydrogen (secondary N) is 1. The molecule has 0 aliphatic heterocycles. The van der Waals surface area contributed by atoms with Crippen molar-refractivity contribution in [2.45, 2.75) is 24.8 Å². The van der Waals surface area contributed by atoms with E-state index in [4.69, 9.17) is 0 Å². The lowest BCUT2D eigenvalue weighted by Crippen LogP contribution is -2.12. The number of hydrogen-bond donors (Lipinski definition) is 1. The van der Waals surface area contributed by atoms with Gasteiger partial charge in [0.1, 0.15) is 0 Å². The minimum absolute atomic E-state index is 0.194. The van der Waals surface area contributed by atoms with E-state index in [0.29, 0.717) is 5.69 Å². The van der Waals surface area contributed by atoms with Gasteiger partial charge in [-0.3, -0.25) is 9.40 Å². The first-order valence-electron chi connectivity index (χ1n) is 5.61. The molecule has 1 aromatic heterocycles. The van der Waals surface area contributed by atoms with Crippen LogP contribution in [0, 0.1) is 0 Å². The maximum Gasteiger partial charge on any atom is 0.261 e. The third kappa shape index (κ3) is 2.70. The van der Waals surface area contributed by atoms with Gasteiger partial charge in [0, 0.05) is 12.2 Å². The lowest BCUT2D eigenvalue weighted by atomic mass is 10.4. The molecule has 96 valence electrons. The SMILES string of the molecule is CC(C)n1cc(NS(=O)(=O)c2ccccc2)cn1. The number of anilines is 1. The van der Waals surface area contributed by atoms with Crippen molar-refractivity contribution in [1.29, 1.82) is 0 Å². The average molecular weight is 265 g/mol. The summed E-state index contributed by atoms with van der Waals surface area (Å²) in [5.41, 5.74) is 0.465. The fraction of sp³-hybridized carbons (Fsp3) is 0.250. The van der Waals surface area contributed by atoms with Gasteiger partial charge in [-0.15, -0.1) is 0 Å². The zero-order valence-corrected chi connectivity index (χ0v) is 11.1. The van der Waals surface area contributed by atoms with E-state index < -0.39 is 10.0 Å². The molecule has 0 fully saturated rings. The van der Waals surface area contributed by atoms with Crippen molar-refractivity contribution < 1.29 is 8.42 Å². The first kappa shape index (κ1) is 12.6. The number of nitrogens with zero attached hydrogens (tertiary/aromatic N) is 2. The first-order chi connectivity index (χ1) is 8.49. The molecular formula is C12H15N3O2S. The highest BCUT2D eigenvalue weighted by Gasteiger charge is 2.14. The summed E-state index contributed by atoms with van der Waals surface area (Å²) in [5.74, 6) is 0. The Hall–Kier alpha value is -1.82. The molecule has 0 unspecified atom stereocenters. The summed E-state index contributed by atoms with van der Waals surface area (Å²) in [6.45, 7) is 3.95. The van der Waals surface area contributed by atoms with E-state index in [1.54, 1.807) is 41.2 Å². The Bertz CT molecular complexity index is 618. The van der Waals surface area contributed by atoms with E-state index in [1.807, 2.05) is 13.8 Å². The molecule has 5 nitrogen and oxygen atoms in total. The highest BCUT2D eigenvalue weighted by atomic mass is 32.2. The molecule has 0 amide bonds. The van der Waals surface area contributed by atoms with Gasteiger partial charge < -0.3 is 0 Å². The predicted molar refractivity (Wildman–Crippen MR) is 69.9 cm³/mol. The summed E-state index contributed by atoms with van der Waals surface area (Å²) in [4.78, 5) is 0.238. The summed E-state index contributed by atoms with van der Waals surface area (Å²) in [5, 5.41) is 4.08. The second-order valence-electron chi connectivity index (χ2n) is 4.22. The molecule has 2 aromatic rings. The lowest BCUT2D eigenvalue weighted by Gasteiger charge is -2.06. The molecule has 0 radical (unpaired) electrons. The molecule has 18 heavy (non-hydrogen) atoms. The maximum atomic E-state index is 12.0. The number of hydrogen-bond acceptors (Lipinski definition) is 3. The number of aromatic nitrogens is 2. The van der Waals surface area contributed by atoms with Gasteiger partial charge in [0.25, 0.3) is 10.0 Å². The molecular weight excluding hydrogens is 250 g/mol. The Balaban J connectivity index is 2.23. The Morgan fingerprint density at radius 1 is 1.22 bits per heavy atom. The van der Waals surface area contributed by atoms with Crippen molar-refractivity contribution in [1.82, 2.24) is 9.78 Å².